The maximum Gasteiger partial charge on any atom is 0.308 e. The van der Waals surface area contributed by atoms with Gasteiger partial charge >= 0.3 is 5.97 Å². The van der Waals surface area contributed by atoms with Crippen LogP contribution in [0.1, 0.15) is 12.8 Å². The van der Waals surface area contributed by atoms with Gasteiger partial charge in [-0.25, -0.2) is 0 Å². The number of carbonyl (C=O) groups is 2. The van der Waals surface area contributed by atoms with Gasteiger partial charge in [-0.3, -0.25) is 9.59 Å². The van der Waals surface area contributed by atoms with Crippen molar-refractivity contribution in [1.29, 1.82) is 0 Å². The van der Waals surface area contributed by atoms with Crippen LogP contribution in [0.4, 0.5) is 0 Å². The summed E-state index contributed by atoms with van der Waals surface area (Å²) in [4.78, 5) is 24.6. The summed E-state index contributed by atoms with van der Waals surface area (Å²) in [7, 11) is 0. The van der Waals surface area contributed by atoms with Crippen molar-refractivity contribution in [1.82, 2.24) is 4.90 Å². The molecule has 0 aromatic heterocycles. The molecule has 1 atom stereocenters. The summed E-state index contributed by atoms with van der Waals surface area (Å²) >= 11 is 11.7. The molecule has 5 nitrogen and oxygen atoms in total. The van der Waals surface area contributed by atoms with Gasteiger partial charge in [0.05, 0.1) is 10.9 Å². The van der Waals surface area contributed by atoms with Gasteiger partial charge < -0.3 is 14.7 Å². The molecule has 0 spiro atoms. The number of likely N-dealkylation sites (tertiary alicyclic amines) is 1. The minimum atomic E-state index is -0.867. The second-order valence-electron chi connectivity index (χ2n) is 4.88. The van der Waals surface area contributed by atoms with E-state index in [2.05, 4.69) is 0 Å². The number of piperidine rings is 1. The van der Waals surface area contributed by atoms with Gasteiger partial charge in [0.25, 0.3) is 5.91 Å². The standard InChI is InChI=1S/C14H15Cl2NO4/c15-10-3-4-12(11(16)6-10)21-8-13(18)17-5-1-2-9(7-17)14(19)20/h3-4,6,9H,1-2,5,7-8H2,(H,19,20)/t9-/m1/s1. The minimum absolute atomic E-state index is 0.173. The highest BCUT2D eigenvalue weighted by Gasteiger charge is 2.28. The number of halogens is 2. The molecule has 2 rings (SSSR count). The van der Waals surface area contributed by atoms with E-state index >= 15 is 0 Å². The predicted molar refractivity (Wildman–Crippen MR) is 78.9 cm³/mol. The van der Waals surface area contributed by atoms with Crippen molar-refractivity contribution >= 4 is 35.1 Å². The molecule has 1 heterocycles. The lowest BCUT2D eigenvalue weighted by Crippen LogP contribution is -2.44. The molecule has 1 aromatic carbocycles. The molecular weight excluding hydrogens is 317 g/mol. The quantitative estimate of drug-likeness (QED) is 0.921. The first-order valence-electron chi connectivity index (χ1n) is 6.56. The summed E-state index contributed by atoms with van der Waals surface area (Å²) < 4.78 is 5.37. The Kier molecular flexibility index (Phi) is 5.31. The third-order valence-electron chi connectivity index (χ3n) is 3.37. The van der Waals surface area contributed by atoms with Gasteiger partial charge in [-0.15, -0.1) is 0 Å². The number of benzene rings is 1. The second-order valence-corrected chi connectivity index (χ2v) is 5.72. The molecule has 1 amide bonds. The molecular formula is C14H15Cl2NO4. The lowest BCUT2D eigenvalue weighted by molar-refractivity contribution is -0.146. The van der Waals surface area contributed by atoms with Crippen LogP contribution in [0.25, 0.3) is 0 Å². The molecule has 0 unspecified atom stereocenters. The summed E-state index contributed by atoms with van der Waals surface area (Å²) in [6.45, 7) is 0.611. The van der Waals surface area contributed by atoms with Gasteiger partial charge in [0.15, 0.2) is 6.61 Å². The van der Waals surface area contributed by atoms with Gasteiger partial charge in [0.1, 0.15) is 5.75 Å². The van der Waals surface area contributed by atoms with E-state index in [1.807, 2.05) is 0 Å². The monoisotopic (exact) mass is 331 g/mol. The van der Waals surface area contributed by atoms with Crippen LogP contribution < -0.4 is 4.74 Å². The Bertz CT molecular complexity index is 550. The minimum Gasteiger partial charge on any atom is -0.482 e. The first-order chi connectivity index (χ1) is 9.97. The molecule has 0 radical (unpaired) electrons. The van der Waals surface area contributed by atoms with E-state index in [-0.39, 0.29) is 19.1 Å². The van der Waals surface area contributed by atoms with E-state index in [9.17, 15) is 9.59 Å². The van der Waals surface area contributed by atoms with E-state index in [1.165, 1.54) is 11.0 Å². The topological polar surface area (TPSA) is 66.8 Å². The van der Waals surface area contributed by atoms with E-state index in [1.54, 1.807) is 12.1 Å². The Morgan fingerprint density at radius 1 is 1.38 bits per heavy atom. The van der Waals surface area contributed by atoms with Gasteiger partial charge in [0.2, 0.25) is 0 Å². The van der Waals surface area contributed by atoms with Crippen LogP contribution in [0.2, 0.25) is 10.0 Å². The fourth-order valence-corrected chi connectivity index (χ4v) is 2.69. The third kappa shape index (κ3) is 4.25. The molecule has 1 fully saturated rings. The van der Waals surface area contributed by atoms with E-state index in [4.69, 9.17) is 33.0 Å². The number of carboxylic acids is 1. The zero-order chi connectivity index (χ0) is 15.4. The SMILES string of the molecule is O=C(O)[C@@H]1CCCN(C(=O)COc2ccc(Cl)cc2Cl)C1. The highest BCUT2D eigenvalue weighted by atomic mass is 35.5. The van der Waals surface area contributed by atoms with Crippen LogP contribution in [0, 0.1) is 5.92 Å². The maximum absolute atomic E-state index is 12.1. The number of amides is 1. The van der Waals surface area contributed by atoms with Crippen molar-refractivity contribution < 1.29 is 19.4 Å². The van der Waals surface area contributed by atoms with Crippen LogP contribution in [0.3, 0.4) is 0 Å². The number of rotatable bonds is 4. The van der Waals surface area contributed by atoms with Crippen molar-refractivity contribution in [2.45, 2.75) is 12.8 Å². The van der Waals surface area contributed by atoms with Crippen molar-refractivity contribution in [3.63, 3.8) is 0 Å². The van der Waals surface area contributed by atoms with Crippen molar-refractivity contribution in [3.8, 4) is 5.75 Å². The number of ether oxygens (including phenoxy) is 1. The highest BCUT2D eigenvalue weighted by molar-refractivity contribution is 6.35. The van der Waals surface area contributed by atoms with Crippen molar-refractivity contribution in [2.24, 2.45) is 5.92 Å². The Labute approximate surface area is 132 Å². The fraction of sp³-hybridized carbons (Fsp3) is 0.429. The van der Waals surface area contributed by atoms with Gasteiger partial charge in [-0.05, 0) is 31.0 Å². The molecule has 1 aliphatic heterocycles. The molecule has 1 N–H and O–H groups in total. The molecule has 0 aliphatic carbocycles. The largest absolute Gasteiger partial charge is 0.482 e. The molecule has 21 heavy (non-hydrogen) atoms. The first kappa shape index (κ1) is 15.9. The molecule has 1 saturated heterocycles. The van der Waals surface area contributed by atoms with Crippen LogP contribution in [0.5, 0.6) is 5.75 Å². The molecule has 0 saturated carbocycles. The van der Waals surface area contributed by atoms with Crippen LogP contribution >= 0.6 is 23.2 Å². The number of aliphatic carboxylic acids is 1. The van der Waals surface area contributed by atoms with Crippen molar-refractivity contribution in [3.05, 3.63) is 28.2 Å². The van der Waals surface area contributed by atoms with Crippen molar-refractivity contribution in [2.75, 3.05) is 19.7 Å². The summed E-state index contributed by atoms with van der Waals surface area (Å²) in [5, 5.41) is 9.83. The smallest absolute Gasteiger partial charge is 0.308 e. The first-order valence-corrected chi connectivity index (χ1v) is 7.31. The van der Waals surface area contributed by atoms with Crippen LogP contribution in [-0.2, 0) is 9.59 Å². The summed E-state index contributed by atoms with van der Waals surface area (Å²) in [5.74, 6) is -1.23. The molecule has 7 heteroatoms. The molecule has 0 bridgehead atoms. The second kappa shape index (κ2) is 7.00. The molecule has 1 aliphatic rings. The van der Waals surface area contributed by atoms with Crippen LogP contribution in [0.15, 0.2) is 18.2 Å². The Hall–Kier alpha value is -1.46. The number of carboxylic acid groups (broad SMARTS) is 1. The van der Waals surface area contributed by atoms with Gasteiger partial charge in [0, 0.05) is 18.1 Å². The maximum atomic E-state index is 12.1. The zero-order valence-electron chi connectivity index (χ0n) is 11.2. The highest BCUT2D eigenvalue weighted by Crippen LogP contribution is 2.27. The average molecular weight is 332 g/mol. The molecule has 114 valence electrons. The normalized spacial score (nSPS) is 18.4. The van der Waals surface area contributed by atoms with Gasteiger partial charge in [-0.2, -0.15) is 0 Å². The Morgan fingerprint density at radius 3 is 2.81 bits per heavy atom. The van der Waals surface area contributed by atoms with E-state index in [0.717, 1.165) is 0 Å². The lowest BCUT2D eigenvalue weighted by atomic mass is 9.98. The van der Waals surface area contributed by atoms with Crippen LogP contribution in [-0.4, -0.2) is 41.6 Å². The Balaban J connectivity index is 1.90. The van der Waals surface area contributed by atoms with E-state index in [0.29, 0.717) is 35.2 Å². The average Bonchev–Trinajstić information content (AvgIpc) is 2.46. The van der Waals surface area contributed by atoms with Gasteiger partial charge in [-0.1, -0.05) is 23.2 Å². The lowest BCUT2D eigenvalue weighted by Gasteiger charge is -2.30. The summed E-state index contributed by atoms with van der Waals surface area (Å²) in [6.07, 6.45) is 1.29. The van der Waals surface area contributed by atoms with E-state index < -0.39 is 11.9 Å². The summed E-state index contributed by atoms with van der Waals surface area (Å²) in [6, 6.07) is 4.74. The number of carbonyl (C=O) groups excluding carboxylic acids is 1. The third-order valence-corrected chi connectivity index (χ3v) is 3.90. The Morgan fingerprint density at radius 2 is 2.14 bits per heavy atom. The number of hydrogen-bond acceptors (Lipinski definition) is 3. The number of nitrogens with zero attached hydrogens (tertiary/aromatic N) is 1. The summed E-state index contributed by atoms with van der Waals surface area (Å²) in [5.41, 5.74) is 0. The zero-order valence-corrected chi connectivity index (χ0v) is 12.7. The fourth-order valence-electron chi connectivity index (χ4n) is 2.23. The number of hydrogen-bond donors (Lipinski definition) is 1. The predicted octanol–water partition coefficient (Wildman–Crippen LogP) is 2.70. The molecule has 1 aromatic rings.